The number of thiophene rings is 1. The van der Waals surface area contributed by atoms with E-state index in [-0.39, 0.29) is 6.10 Å². The van der Waals surface area contributed by atoms with Crippen LogP contribution in [0.4, 0.5) is 0 Å². The molecule has 78 valence electrons. The molecular formula is C11H16O2S. The zero-order chi connectivity index (χ0) is 9.80. The van der Waals surface area contributed by atoms with E-state index in [0.717, 1.165) is 32.5 Å². The Hall–Kier alpha value is -0.380. The maximum atomic E-state index is 9.72. The first-order chi connectivity index (χ1) is 6.86. The van der Waals surface area contributed by atoms with Crippen LogP contribution in [0, 0.1) is 5.92 Å². The highest BCUT2D eigenvalue weighted by Crippen LogP contribution is 2.21. The van der Waals surface area contributed by atoms with Gasteiger partial charge in [-0.3, -0.25) is 0 Å². The molecule has 2 rings (SSSR count). The molecule has 0 amide bonds. The Morgan fingerprint density at radius 2 is 2.50 bits per heavy atom. The molecule has 1 aliphatic rings. The molecule has 0 spiro atoms. The highest BCUT2D eigenvalue weighted by molar-refractivity contribution is 7.09. The second kappa shape index (κ2) is 4.91. The van der Waals surface area contributed by atoms with Gasteiger partial charge in [0, 0.05) is 17.4 Å². The molecule has 1 N–H and O–H groups in total. The van der Waals surface area contributed by atoms with E-state index in [1.54, 1.807) is 11.3 Å². The summed E-state index contributed by atoms with van der Waals surface area (Å²) in [5.41, 5.74) is 0. The average Bonchev–Trinajstić information content (AvgIpc) is 2.69. The zero-order valence-corrected chi connectivity index (χ0v) is 9.00. The standard InChI is InChI=1S/C11H16O2S/c12-11-5-6-13-8-9(11)3-4-10-2-1-7-14-10/h1-2,7,9,11-12H,3-6,8H2. The van der Waals surface area contributed by atoms with Gasteiger partial charge < -0.3 is 9.84 Å². The van der Waals surface area contributed by atoms with Crippen LogP contribution in [0.15, 0.2) is 17.5 Å². The summed E-state index contributed by atoms with van der Waals surface area (Å²) in [6.07, 6.45) is 2.77. The Kier molecular flexibility index (Phi) is 3.56. The van der Waals surface area contributed by atoms with Crippen molar-refractivity contribution in [3.8, 4) is 0 Å². The fourth-order valence-corrected chi connectivity index (χ4v) is 2.57. The lowest BCUT2D eigenvalue weighted by molar-refractivity contribution is -0.0379. The van der Waals surface area contributed by atoms with Gasteiger partial charge in [0.2, 0.25) is 0 Å². The van der Waals surface area contributed by atoms with Crippen molar-refractivity contribution in [3.63, 3.8) is 0 Å². The Balaban J connectivity index is 1.79. The Bertz CT molecular complexity index is 258. The number of aryl methyl sites for hydroxylation is 1. The highest BCUT2D eigenvalue weighted by Gasteiger charge is 2.23. The van der Waals surface area contributed by atoms with Crippen LogP contribution in [0.1, 0.15) is 17.7 Å². The fraction of sp³-hybridized carbons (Fsp3) is 0.636. The molecule has 2 heterocycles. The van der Waals surface area contributed by atoms with Crippen LogP contribution in [-0.4, -0.2) is 24.4 Å². The average molecular weight is 212 g/mol. The number of aliphatic hydroxyl groups is 1. The van der Waals surface area contributed by atoms with Crippen molar-refractivity contribution in [2.24, 2.45) is 5.92 Å². The maximum absolute atomic E-state index is 9.72. The summed E-state index contributed by atoms with van der Waals surface area (Å²) >= 11 is 1.79. The maximum Gasteiger partial charge on any atom is 0.0612 e. The van der Waals surface area contributed by atoms with E-state index >= 15 is 0 Å². The van der Waals surface area contributed by atoms with E-state index in [2.05, 4.69) is 17.5 Å². The lowest BCUT2D eigenvalue weighted by Gasteiger charge is -2.27. The molecule has 1 saturated heterocycles. The van der Waals surface area contributed by atoms with Gasteiger partial charge in [-0.1, -0.05) is 6.07 Å². The highest BCUT2D eigenvalue weighted by atomic mass is 32.1. The number of hydrogen-bond donors (Lipinski definition) is 1. The van der Waals surface area contributed by atoms with Gasteiger partial charge in [-0.25, -0.2) is 0 Å². The Morgan fingerprint density at radius 3 is 3.21 bits per heavy atom. The van der Waals surface area contributed by atoms with Crippen molar-refractivity contribution >= 4 is 11.3 Å². The second-order valence-corrected chi connectivity index (χ2v) is 4.84. The first kappa shape index (κ1) is 10.1. The Morgan fingerprint density at radius 1 is 1.57 bits per heavy atom. The van der Waals surface area contributed by atoms with Crippen LogP contribution in [0.5, 0.6) is 0 Å². The zero-order valence-electron chi connectivity index (χ0n) is 8.19. The van der Waals surface area contributed by atoms with Gasteiger partial charge in [0.15, 0.2) is 0 Å². The molecule has 0 aromatic carbocycles. The number of hydrogen-bond acceptors (Lipinski definition) is 3. The van der Waals surface area contributed by atoms with E-state index in [9.17, 15) is 5.11 Å². The van der Waals surface area contributed by atoms with Crippen molar-refractivity contribution in [1.29, 1.82) is 0 Å². The van der Waals surface area contributed by atoms with Crippen molar-refractivity contribution in [2.45, 2.75) is 25.4 Å². The molecule has 2 unspecified atom stereocenters. The predicted molar refractivity (Wildman–Crippen MR) is 57.6 cm³/mol. The van der Waals surface area contributed by atoms with E-state index in [0.29, 0.717) is 5.92 Å². The van der Waals surface area contributed by atoms with Crippen molar-refractivity contribution in [2.75, 3.05) is 13.2 Å². The van der Waals surface area contributed by atoms with Gasteiger partial charge in [0.1, 0.15) is 0 Å². The monoisotopic (exact) mass is 212 g/mol. The van der Waals surface area contributed by atoms with Gasteiger partial charge in [-0.05, 0) is 30.7 Å². The second-order valence-electron chi connectivity index (χ2n) is 3.81. The molecule has 14 heavy (non-hydrogen) atoms. The molecule has 0 radical (unpaired) electrons. The fourth-order valence-electron chi connectivity index (χ4n) is 1.84. The quantitative estimate of drug-likeness (QED) is 0.831. The van der Waals surface area contributed by atoms with Gasteiger partial charge >= 0.3 is 0 Å². The van der Waals surface area contributed by atoms with Gasteiger partial charge in [-0.15, -0.1) is 11.3 Å². The minimum Gasteiger partial charge on any atom is -0.393 e. The summed E-state index contributed by atoms with van der Waals surface area (Å²) in [7, 11) is 0. The smallest absolute Gasteiger partial charge is 0.0612 e. The summed E-state index contributed by atoms with van der Waals surface area (Å²) in [6, 6.07) is 4.23. The minimum atomic E-state index is -0.149. The third-order valence-electron chi connectivity index (χ3n) is 2.78. The van der Waals surface area contributed by atoms with Crippen LogP contribution >= 0.6 is 11.3 Å². The number of aliphatic hydroxyl groups excluding tert-OH is 1. The van der Waals surface area contributed by atoms with E-state index in [1.165, 1.54) is 4.88 Å². The molecule has 1 aliphatic heterocycles. The summed E-state index contributed by atoms with van der Waals surface area (Å²) in [5.74, 6) is 0.339. The third kappa shape index (κ3) is 2.56. The molecule has 1 aromatic rings. The first-order valence-corrected chi connectivity index (χ1v) is 6.02. The lowest BCUT2D eigenvalue weighted by atomic mass is 9.93. The summed E-state index contributed by atoms with van der Waals surface area (Å²) < 4.78 is 5.37. The van der Waals surface area contributed by atoms with Crippen molar-refractivity contribution in [1.82, 2.24) is 0 Å². The largest absolute Gasteiger partial charge is 0.393 e. The van der Waals surface area contributed by atoms with Crippen LogP contribution in [0.3, 0.4) is 0 Å². The van der Waals surface area contributed by atoms with Crippen molar-refractivity contribution < 1.29 is 9.84 Å². The minimum absolute atomic E-state index is 0.149. The summed E-state index contributed by atoms with van der Waals surface area (Å²) in [5, 5.41) is 11.8. The lowest BCUT2D eigenvalue weighted by Crippen LogP contribution is -2.31. The topological polar surface area (TPSA) is 29.5 Å². The van der Waals surface area contributed by atoms with E-state index in [1.807, 2.05) is 0 Å². The first-order valence-electron chi connectivity index (χ1n) is 5.14. The van der Waals surface area contributed by atoms with Crippen LogP contribution in [0.2, 0.25) is 0 Å². The predicted octanol–water partition coefficient (Wildman–Crippen LogP) is 2.08. The number of ether oxygens (including phenoxy) is 1. The summed E-state index contributed by atoms with van der Waals surface area (Å²) in [6.45, 7) is 1.45. The molecular weight excluding hydrogens is 196 g/mol. The SMILES string of the molecule is OC1CCOCC1CCc1cccs1. The molecule has 1 aromatic heterocycles. The third-order valence-corrected chi connectivity index (χ3v) is 3.71. The van der Waals surface area contributed by atoms with E-state index < -0.39 is 0 Å². The molecule has 0 aliphatic carbocycles. The Labute approximate surface area is 88.5 Å². The molecule has 0 saturated carbocycles. The molecule has 0 bridgehead atoms. The van der Waals surface area contributed by atoms with Crippen LogP contribution in [0.25, 0.3) is 0 Å². The van der Waals surface area contributed by atoms with E-state index in [4.69, 9.17) is 4.74 Å². The summed E-state index contributed by atoms with van der Waals surface area (Å²) in [4.78, 5) is 1.41. The van der Waals surface area contributed by atoms with Gasteiger partial charge in [0.05, 0.1) is 12.7 Å². The molecule has 1 fully saturated rings. The molecule has 2 nitrogen and oxygen atoms in total. The van der Waals surface area contributed by atoms with Gasteiger partial charge in [0.25, 0.3) is 0 Å². The number of rotatable bonds is 3. The van der Waals surface area contributed by atoms with Crippen LogP contribution in [-0.2, 0) is 11.2 Å². The van der Waals surface area contributed by atoms with Crippen molar-refractivity contribution in [3.05, 3.63) is 22.4 Å². The normalized spacial score (nSPS) is 27.8. The van der Waals surface area contributed by atoms with Crippen LogP contribution < -0.4 is 0 Å². The van der Waals surface area contributed by atoms with Gasteiger partial charge in [-0.2, -0.15) is 0 Å². The molecule has 2 atom stereocenters. The molecule has 3 heteroatoms.